The van der Waals surface area contributed by atoms with E-state index in [-0.39, 0.29) is 6.73 Å². The minimum Gasteiger partial charge on any atom is -0.377 e. The standard InChI is InChI=1S/C7H11N3O/c8-10-7-4-2-1-3-6(7)9-5-11/h1-4,9-11H,5,8H2. The molecule has 0 spiro atoms. The number of nitrogens with two attached hydrogens (primary N) is 1. The first-order valence-corrected chi connectivity index (χ1v) is 3.29. The quantitative estimate of drug-likeness (QED) is 0.287. The van der Waals surface area contributed by atoms with E-state index in [1.165, 1.54) is 0 Å². The van der Waals surface area contributed by atoms with Crippen LogP contribution in [0.1, 0.15) is 0 Å². The van der Waals surface area contributed by atoms with Gasteiger partial charge in [0.25, 0.3) is 0 Å². The molecule has 5 N–H and O–H groups in total. The van der Waals surface area contributed by atoms with E-state index in [9.17, 15) is 0 Å². The monoisotopic (exact) mass is 153 g/mol. The second-order valence-corrected chi connectivity index (χ2v) is 2.02. The second-order valence-electron chi connectivity index (χ2n) is 2.02. The maximum Gasteiger partial charge on any atom is 0.113 e. The van der Waals surface area contributed by atoms with Gasteiger partial charge in [0.2, 0.25) is 0 Å². The molecule has 11 heavy (non-hydrogen) atoms. The maximum atomic E-state index is 8.56. The summed E-state index contributed by atoms with van der Waals surface area (Å²) in [6.45, 7) is -0.0985. The van der Waals surface area contributed by atoms with Crippen LogP contribution in [0, 0.1) is 0 Å². The van der Waals surface area contributed by atoms with Crippen molar-refractivity contribution in [3.8, 4) is 0 Å². The highest BCUT2D eigenvalue weighted by Gasteiger charge is 1.95. The van der Waals surface area contributed by atoms with E-state index in [1.54, 1.807) is 0 Å². The minimum atomic E-state index is -0.0985. The van der Waals surface area contributed by atoms with Crippen LogP contribution in [-0.4, -0.2) is 11.8 Å². The van der Waals surface area contributed by atoms with Crippen molar-refractivity contribution >= 4 is 11.4 Å². The number of nitrogens with one attached hydrogen (secondary N) is 2. The van der Waals surface area contributed by atoms with E-state index in [1.807, 2.05) is 24.3 Å². The van der Waals surface area contributed by atoms with Gasteiger partial charge in [0.1, 0.15) is 6.73 Å². The second kappa shape index (κ2) is 3.80. The Hall–Kier alpha value is -1.26. The molecule has 1 aromatic rings. The summed E-state index contributed by atoms with van der Waals surface area (Å²) in [7, 11) is 0. The molecule has 0 bridgehead atoms. The van der Waals surface area contributed by atoms with Crippen LogP contribution in [0.25, 0.3) is 0 Å². The van der Waals surface area contributed by atoms with E-state index in [0.29, 0.717) is 0 Å². The van der Waals surface area contributed by atoms with Crippen LogP contribution in [0.5, 0.6) is 0 Å². The van der Waals surface area contributed by atoms with Crippen molar-refractivity contribution < 1.29 is 5.11 Å². The lowest BCUT2D eigenvalue weighted by molar-refractivity contribution is 0.326. The Bertz CT molecular complexity index is 227. The van der Waals surface area contributed by atoms with Crippen molar-refractivity contribution in [3.05, 3.63) is 24.3 Å². The molecule has 0 unspecified atom stereocenters. The molecule has 0 aromatic heterocycles. The van der Waals surface area contributed by atoms with Crippen molar-refractivity contribution in [1.82, 2.24) is 0 Å². The van der Waals surface area contributed by atoms with E-state index in [0.717, 1.165) is 11.4 Å². The number of aliphatic hydroxyl groups excluding tert-OH is 1. The highest BCUT2D eigenvalue weighted by Crippen LogP contribution is 2.18. The third-order valence-electron chi connectivity index (χ3n) is 1.35. The minimum absolute atomic E-state index is 0.0985. The van der Waals surface area contributed by atoms with Crippen molar-refractivity contribution in [2.45, 2.75) is 0 Å². The lowest BCUT2D eigenvalue weighted by atomic mass is 10.3. The molecule has 1 aromatic carbocycles. The number of hydrogen-bond acceptors (Lipinski definition) is 4. The summed E-state index contributed by atoms with van der Waals surface area (Å²) in [6, 6.07) is 7.36. The van der Waals surface area contributed by atoms with Crippen LogP contribution >= 0.6 is 0 Å². The molecule has 0 radical (unpaired) electrons. The highest BCUT2D eigenvalue weighted by atomic mass is 16.3. The Balaban J connectivity index is 2.83. The number of para-hydroxylation sites is 2. The molecule has 0 aliphatic rings. The smallest absolute Gasteiger partial charge is 0.113 e. The van der Waals surface area contributed by atoms with Crippen LogP contribution in [-0.2, 0) is 0 Å². The van der Waals surface area contributed by atoms with Crippen LogP contribution in [0.2, 0.25) is 0 Å². The van der Waals surface area contributed by atoms with Gasteiger partial charge in [-0.05, 0) is 12.1 Å². The van der Waals surface area contributed by atoms with E-state index >= 15 is 0 Å². The van der Waals surface area contributed by atoms with Gasteiger partial charge < -0.3 is 15.8 Å². The third kappa shape index (κ3) is 1.83. The van der Waals surface area contributed by atoms with E-state index < -0.39 is 0 Å². The molecule has 4 nitrogen and oxygen atoms in total. The van der Waals surface area contributed by atoms with Crippen molar-refractivity contribution in [2.75, 3.05) is 17.5 Å². The summed E-state index contributed by atoms with van der Waals surface area (Å²) >= 11 is 0. The number of benzene rings is 1. The number of rotatable bonds is 3. The van der Waals surface area contributed by atoms with Gasteiger partial charge >= 0.3 is 0 Å². The number of hydrogen-bond donors (Lipinski definition) is 4. The summed E-state index contributed by atoms with van der Waals surface area (Å²) < 4.78 is 0. The Morgan fingerprint density at radius 2 is 1.91 bits per heavy atom. The first-order chi connectivity index (χ1) is 5.38. The van der Waals surface area contributed by atoms with Gasteiger partial charge in [-0.25, -0.2) is 0 Å². The Kier molecular flexibility index (Phi) is 2.71. The summed E-state index contributed by atoms with van der Waals surface area (Å²) in [4.78, 5) is 0. The normalized spacial score (nSPS) is 9.27. The molecule has 0 fully saturated rings. The lowest BCUT2D eigenvalue weighted by Crippen LogP contribution is -2.10. The molecule has 0 saturated carbocycles. The molecule has 0 saturated heterocycles. The molecular formula is C7H11N3O. The predicted octanol–water partition coefficient (Wildman–Crippen LogP) is 0.334. The Morgan fingerprint density at radius 3 is 2.45 bits per heavy atom. The topological polar surface area (TPSA) is 70.3 Å². The van der Waals surface area contributed by atoms with Gasteiger partial charge in [0, 0.05) is 0 Å². The fourth-order valence-corrected chi connectivity index (χ4v) is 0.848. The van der Waals surface area contributed by atoms with Gasteiger partial charge in [0.15, 0.2) is 0 Å². The van der Waals surface area contributed by atoms with Crippen LogP contribution < -0.4 is 16.6 Å². The molecule has 0 aliphatic heterocycles. The molecule has 0 heterocycles. The molecule has 1 rings (SSSR count). The van der Waals surface area contributed by atoms with E-state index in [2.05, 4.69) is 10.7 Å². The average Bonchev–Trinajstić information content (AvgIpc) is 2.06. The lowest BCUT2D eigenvalue weighted by Gasteiger charge is -2.07. The van der Waals surface area contributed by atoms with Crippen LogP contribution in [0.3, 0.4) is 0 Å². The van der Waals surface area contributed by atoms with Crippen LogP contribution in [0.15, 0.2) is 24.3 Å². The van der Waals surface area contributed by atoms with Gasteiger partial charge in [0.05, 0.1) is 11.4 Å². The zero-order valence-electron chi connectivity index (χ0n) is 6.04. The molecule has 60 valence electrons. The van der Waals surface area contributed by atoms with Crippen LogP contribution in [0.4, 0.5) is 11.4 Å². The maximum absolute atomic E-state index is 8.56. The first-order valence-electron chi connectivity index (χ1n) is 3.29. The SMILES string of the molecule is NNc1ccccc1NCO. The third-order valence-corrected chi connectivity index (χ3v) is 1.35. The number of anilines is 2. The van der Waals surface area contributed by atoms with Gasteiger partial charge in [-0.15, -0.1) is 0 Å². The molecule has 0 atom stereocenters. The fraction of sp³-hybridized carbons (Fsp3) is 0.143. The molecule has 0 amide bonds. The largest absolute Gasteiger partial charge is 0.377 e. The van der Waals surface area contributed by atoms with Gasteiger partial charge in [-0.3, -0.25) is 5.84 Å². The van der Waals surface area contributed by atoms with Crippen molar-refractivity contribution in [2.24, 2.45) is 5.84 Å². The van der Waals surface area contributed by atoms with Gasteiger partial charge in [-0.2, -0.15) is 0 Å². The van der Waals surface area contributed by atoms with Gasteiger partial charge in [-0.1, -0.05) is 12.1 Å². The summed E-state index contributed by atoms with van der Waals surface area (Å²) in [5.74, 6) is 5.21. The molecule has 4 heteroatoms. The Labute approximate surface area is 65.0 Å². The number of aliphatic hydroxyl groups is 1. The summed E-state index contributed by atoms with van der Waals surface area (Å²) in [5.41, 5.74) is 4.06. The summed E-state index contributed by atoms with van der Waals surface area (Å²) in [6.07, 6.45) is 0. The highest BCUT2D eigenvalue weighted by molar-refractivity contribution is 5.67. The number of nitrogen functional groups attached to an aromatic ring is 1. The van der Waals surface area contributed by atoms with E-state index in [4.69, 9.17) is 10.9 Å². The molecule has 0 aliphatic carbocycles. The fourth-order valence-electron chi connectivity index (χ4n) is 0.848. The average molecular weight is 153 g/mol. The zero-order chi connectivity index (χ0) is 8.10. The van der Waals surface area contributed by atoms with Crippen molar-refractivity contribution in [1.29, 1.82) is 0 Å². The predicted molar refractivity (Wildman–Crippen MR) is 45.0 cm³/mol. The number of hydrazine groups is 1. The first kappa shape index (κ1) is 7.84. The Morgan fingerprint density at radius 1 is 1.27 bits per heavy atom. The zero-order valence-corrected chi connectivity index (χ0v) is 6.04. The summed E-state index contributed by atoms with van der Waals surface area (Å²) in [5, 5.41) is 11.3. The molecular weight excluding hydrogens is 142 g/mol. The van der Waals surface area contributed by atoms with Crippen molar-refractivity contribution in [3.63, 3.8) is 0 Å².